The zero-order chi connectivity index (χ0) is 14.6. The molecule has 0 unspecified atom stereocenters. The Balaban J connectivity index is 3.38. The maximum Gasteiger partial charge on any atom is 0.291 e. The number of hydrogen-bond acceptors (Lipinski definition) is 6. The molecular formula is C10H15N3O5S. The van der Waals surface area contributed by atoms with Gasteiger partial charge in [-0.1, -0.05) is 0 Å². The third-order valence-corrected chi connectivity index (χ3v) is 4.45. The molecule has 0 aromatic heterocycles. The fraction of sp³-hybridized carbons (Fsp3) is 0.400. The summed E-state index contributed by atoms with van der Waals surface area (Å²) in [4.78, 5) is 9.82. The molecule has 0 aliphatic rings. The van der Waals surface area contributed by atoms with Gasteiger partial charge < -0.3 is 10.4 Å². The summed E-state index contributed by atoms with van der Waals surface area (Å²) >= 11 is 0. The molecule has 9 heteroatoms. The van der Waals surface area contributed by atoms with Crippen LogP contribution in [0.15, 0.2) is 23.1 Å². The molecule has 8 nitrogen and oxygen atoms in total. The second-order valence-corrected chi connectivity index (χ2v) is 5.75. The minimum atomic E-state index is -4.00. The number of sulfonamides is 1. The van der Waals surface area contributed by atoms with Gasteiger partial charge in [-0.15, -0.1) is 0 Å². The van der Waals surface area contributed by atoms with E-state index in [9.17, 15) is 18.5 Å². The number of hydrogen-bond donors (Lipinski definition) is 2. The van der Waals surface area contributed by atoms with Crippen LogP contribution in [-0.2, 0) is 10.0 Å². The van der Waals surface area contributed by atoms with E-state index in [0.717, 1.165) is 10.4 Å². The van der Waals surface area contributed by atoms with Crippen LogP contribution in [0.5, 0.6) is 0 Å². The second-order valence-electron chi connectivity index (χ2n) is 3.74. The van der Waals surface area contributed by atoms with Crippen molar-refractivity contribution in [2.24, 2.45) is 0 Å². The van der Waals surface area contributed by atoms with E-state index in [-0.39, 0.29) is 13.2 Å². The molecule has 0 saturated carbocycles. The average Bonchev–Trinajstić information content (AvgIpc) is 2.38. The molecule has 1 rings (SSSR count). The van der Waals surface area contributed by atoms with Crippen molar-refractivity contribution in [2.45, 2.75) is 4.90 Å². The van der Waals surface area contributed by atoms with Gasteiger partial charge in [0.15, 0.2) is 4.90 Å². The van der Waals surface area contributed by atoms with Crippen molar-refractivity contribution in [3.63, 3.8) is 0 Å². The van der Waals surface area contributed by atoms with E-state index in [0.29, 0.717) is 5.69 Å². The Morgan fingerprint density at radius 3 is 2.58 bits per heavy atom. The largest absolute Gasteiger partial charge is 0.395 e. The molecule has 0 bridgehead atoms. The van der Waals surface area contributed by atoms with E-state index >= 15 is 0 Å². The van der Waals surface area contributed by atoms with E-state index in [4.69, 9.17) is 5.11 Å². The first kappa shape index (κ1) is 15.3. The standard InChI is InChI=1S/C10H15N3O5S/c1-11-8-3-4-10(9(7-8)13(15)16)19(17,18)12(2)5-6-14/h3-4,7,11,14H,5-6H2,1-2H3. The first-order valence-corrected chi connectivity index (χ1v) is 6.82. The van der Waals surface area contributed by atoms with Gasteiger partial charge in [-0.05, 0) is 12.1 Å². The molecule has 0 saturated heterocycles. The lowest BCUT2D eigenvalue weighted by Gasteiger charge is -2.16. The SMILES string of the molecule is CNc1ccc(S(=O)(=O)N(C)CCO)c([N+](=O)[O-])c1. The third-order valence-electron chi connectivity index (χ3n) is 2.55. The summed E-state index contributed by atoms with van der Waals surface area (Å²) in [5, 5.41) is 22.4. The van der Waals surface area contributed by atoms with E-state index in [1.807, 2.05) is 0 Å². The van der Waals surface area contributed by atoms with Crippen LogP contribution >= 0.6 is 0 Å². The van der Waals surface area contributed by atoms with Gasteiger partial charge in [-0.2, -0.15) is 4.31 Å². The Kier molecular flexibility index (Phi) is 4.81. The van der Waals surface area contributed by atoms with E-state index in [2.05, 4.69) is 5.32 Å². The molecule has 0 heterocycles. The van der Waals surface area contributed by atoms with Crippen LogP contribution in [0.4, 0.5) is 11.4 Å². The van der Waals surface area contributed by atoms with Gasteiger partial charge in [-0.3, -0.25) is 10.1 Å². The molecule has 1 aromatic rings. The number of likely N-dealkylation sites (N-methyl/N-ethyl adjacent to an activating group) is 1. The van der Waals surface area contributed by atoms with Crippen LogP contribution < -0.4 is 5.32 Å². The molecular weight excluding hydrogens is 274 g/mol. The third kappa shape index (κ3) is 3.19. The molecule has 106 valence electrons. The van der Waals surface area contributed by atoms with Crippen molar-refractivity contribution in [3.8, 4) is 0 Å². The summed E-state index contributed by atoms with van der Waals surface area (Å²) in [6, 6.07) is 3.76. The number of rotatable bonds is 6. The zero-order valence-corrected chi connectivity index (χ0v) is 11.3. The first-order valence-electron chi connectivity index (χ1n) is 5.38. The quantitative estimate of drug-likeness (QED) is 0.573. The lowest BCUT2D eigenvalue weighted by molar-refractivity contribution is -0.387. The van der Waals surface area contributed by atoms with Crippen molar-refractivity contribution in [1.29, 1.82) is 0 Å². The molecule has 0 aliphatic carbocycles. The average molecular weight is 289 g/mol. The van der Waals surface area contributed by atoms with Crippen LogP contribution in [-0.4, -0.2) is 50.0 Å². The Hall–Kier alpha value is -1.71. The molecule has 0 spiro atoms. The fourth-order valence-corrected chi connectivity index (χ4v) is 2.76. The fourth-order valence-electron chi connectivity index (χ4n) is 1.46. The highest BCUT2D eigenvalue weighted by Gasteiger charge is 2.29. The number of aliphatic hydroxyl groups is 1. The van der Waals surface area contributed by atoms with Crippen LogP contribution in [0.1, 0.15) is 0 Å². The van der Waals surface area contributed by atoms with Crippen molar-refractivity contribution < 1.29 is 18.4 Å². The van der Waals surface area contributed by atoms with Gasteiger partial charge in [-0.25, -0.2) is 8.42 Å². The summed E-state index contributed by atoms with van der Waals surface area (Å²) in [6.07, 6.45) is 0. The number of anilines is 1. The molecule has 19 heavy (non-hydrogen) atoms. The van der Waals surface area contributed by atoms with E-state index < -0.39 is 25.5 Å². The molecule has 0 radical (unpaired) electrons. The van der Waals surface area contributed by atoms with E-state index in [1.165, 1.54) is 19.2 Å². The van der Waals surface area contributed by atoms with Crippen LogP contribution in [0.2, 0.25) is 0 Å². The highest BCUT2D eigenvalue weighted by molar-refractivity contribution is 7.89. The van der Waals surface area contributed by atoms with Crippen molar-refractivity contribution in [3.05, 3.63) is 28.3 Å². The number of nitro benzene ring substituents is 1. The Morgan fingerprint density at radius 1 is 1.47 bits per heavy atom. The summed E-state index contributed by atoms with van der Waals surface area (Å²) in [6.45, 7) is -0.495. The predicted molar refractivity (Wildman–Crippen MR) is 69.5 cm³/mol. The number of nitro groups is 1. The molecule has 1 aromatic carbocycles. The monoisotopic (exact) mass is 289 g/mol. The number of nitrogens with one attached hydrogen (secondary N) is 1. The van der Waals surface area contributed by atoms with Crippen molar-refractivity contribution in [2.75, 3.05) is 32.6 Å². The molecule has 0 amide bonds. The van der Waals surface area contributed by atoms with Gasteiger partial charge in [0.05, 0.1) is 11.5 Å². The van der Waals surface area contributed by atoms with Crippen LogP contribution in [0.25, 0.3) is 0 Å². The summed E-state index contributed by atoms with van der Waals surface area (Å²) in [5.41, 5.74) is -0.0629. The molecule has 2 N–H and O–H groups in total. The minimum Gasteiger partial charge on any atom is -0.395 e. The lowest BCUT2D eigenvalue weighted by Crippen LogP contribution is -2.30. The first-order chi connectivity index (χ1) is 8.84. The predicted octanol–water partition coefficient (Wildman–Crippen LogP) is 0.249. The van der Waals surface area contributed by atoms with Gasteiger partial charge in [0.2, 0.25) is 10.0 Å². The van der Waals surface area contributed by atoms with Crippen LogP contribution in [0.3, 0.4) is 0 Å². The van der Waals surface area contributed by atoms with Crippen molar-refractivity contribution >= 4 is 21.4 Å². The topological polar surface area (TPSA) is 113 Å². The van der Waals surface area contributed by atoms with Gasteiger partial charge in [0, 0.05) is 32.4 Å². The summed E-state index contributed by atoms with van der Waals surface area (Å²) in [7, 11) is -1.17. The van der Waals surface area contributed by atoms with Gasteiger partial charge in [0.1, 0.15) is 0 Å². The summed E-state index contributed by atoms with van der Waals surface area (Å²) < 4.78 is 25.1. The Bertz CT molecular complexity index is 573. The highest BCUT2D eigenvalue weighted by Crippen LogP contribution is 2.28. The molecule has 0 fully saturated rings. The van der Waals surface area contributed by atoms with Crippen molar-refractivity contribution in [1.82, 2.24) is 4.31 Å². The van der Waals surface area contributed by atoms with Gasteiger partial charge >= 0.3 is 0 Å². The highest BCUT2D eigenvalue weighted by atomic mass is 32.2. The maximum absolute atomic E-state index is 12.1. The molecule has 0 atom stereocenters. The normalized spacial score (nSPS) is 11.6. The molecule has 0 aliphatic heterocycles. The number of benzene rings is 1. The second kappa shape index (κ2) is 5.95. The zero-order valence-electron chi connectivity index (χ0n) is 10.5. The van der Waals surface area contributed by atoms with Gasteiger partial charge in [0.25, 0.3) is 5.69 Å². The smallest absolute Gasteiger partial charge is 0.291 e. The Labute approximate surface area is 110 Å². The Morgan fingerprint density at radius 2 is 2.11 bits per heavy atom. The minimum absolute atomic E-state index is 0.132. The van der Waals surface area contributed by atoms with E-state index in [1.54, 1.807) is 7.05 Å². The maximum atomic E-state index is 12.1. The summed E-state index contributed by atoms with van der Waals surface area (Å²) in [5.74, 6) is 0. The number of nitrogens with zero attached hydrogens (tertiary/aromatic N) is 2. The lowest BCUT2D eigenvalue weighted by atomic mass is 10.3. The van der Waals surface area contributed by atoms with Crippen LogP contribution in [0, 0.1) is 10.1 Å². The number of aliphatic hydroxyl groups excluding tert-OH is 1.